The highest BCUT2D eigenvalue weighted by molar-refractivity contribution is 6.29. The van der Waals surface area contributed by atoms with E-state index < -0.39 is 0 Å². The van der Waals surface area contributed by atoms with Gasteiger partial charge < -0.3 is 14.7 Å². The number of nitrogens with zero attached hydrogens (tertiary/aromatic N) is 3. The highest BCUT2D eigenvalue weighted by Gasteiger charge is 2.24. The van der Waals surface area contributed by atoms with Crippen molar-refractivity contribution in [1.29, 1.82) is 0 Å². The van der Waals surface area contributed by atoms with Crippen LogP contribution in [0.4, 0.5) is 5.82 Å². The zero-order chi connectivity index (χ0) is 14.0. The third-order valence-corrected chi connectivity index (χ3v) is 3.21. The van der Waals surface area contributed by atoms with Crippen molar-refractivity contribution >= 4 is 17.4 Å². The van der Waals surface area contributed by atoms with Crippen LogP contribution in [0.2, 0.25) is 5.15 Å². The fourth-order valence-electron chi connectivity index (χ4n) is 1.94. The molecule has 0 amide bonds. The monoisotopic (exact) mass is 285 g/mol. The van der Waals surface area contributed by atoms with Crippen LogP contribution in [0.15, 0.2) is 6.07 Å². The lowest BCUT2D eigenvalue weighted by Crippen LogP contribution is -2.44. The van der Waals surface area contributed by atoms with Gasteiger partial charge in [0.2, 0.25) is 0 Å². The Morgan fingerprint density at radius 2 is 2.21 bits per heavy atom. The molecule has 1 aliphatic rings. The van der Waals surface area contributed by atoms with Crippen molar-refractivity contribution in [2.24, 2.45) is 0 Å². The molecule has 1 atom stereocenters. The molecule has 1 aliphatic heterocycles. The summed E-state index contributed by atoms with van der Waals surface area (Å²) in [6.07, 6.45) is -0.166. The number of morpholine rings is 1. The summed E-state index contributed by atoms with van der Waals surface area (Å²) in [6, 6.07) is 1.76. The van der Waals surface area contributed by atoms with Gasteiger partial charge in [0, 0.05) is 24.6 Å². The zero-order valence-corrected chi connectivity index (χ0v) is 12.3. The largest absolute Gasteiger partial charge is 0.394 e. The molecular formula is C13H20ClN3O2. The van der Waals surface area contributed by atoms with Crippen molar-refractivity contribution in [3.63, 3.8) is 0 Å². The number of halogens is 1. The lowest BCUT2D eigenvalue weighted by atomic mass is 9.96. The third kappa shape index (κ3) is 3.55. The van der Waals surface area contributed by atoms with E-state index in [2.05, 4.69) is 35.6 Å². The average molecular weight is 286 g/mol. The van der Waals surface area contributed by atoms with Crippen LogP contribution in [-0.2, 0) is 10.2 Å². The van der Waals surface area contributed by atoms with Crippen LogP contribution in [0.3, 0.4) is 0 Å². The maximum absolute atomic E-state index is 9.18. The molecule has 1 aromatic heterocycles. The van der Waals surface area contributed by atoms with Crippen molar-refractivity contribution in [3.05, 3.63) is 17.0 Å². The Kier molecular flexibility index (Phi) is 4.28. The van der Waals surface area contributed by atoms with Gasteiger partial charge in [-0.1, -0.05) is 32.4 Å². The Morgan fingerprint density at radius 1 is 1.47 bits per heavy atom. The van der Waals surface area contributed by atoms with Gasteiger partial charge in [0.15, 0.2) is 0 Å². The minimum Gasteiger partial charge on any atom is -0.394 e. The molecule has 1 aromatic rings. The molecule has 106 valence electrons. The molecule has 1 unspecified atom stereocenters. The van der Waals surface area contributed by atoms with Crippen LogP contribution in [0.1, 0.15) is 26.6 Å². The number of ether oxygens (including phenoxy) is 1. The highest BCUT2D eigenvalue weighted by atomic mass is 35.5. The summed E-state index contributed by atoms with van der Waals surface area (Å²) >= 11 is 6.09. The lowest BCUT2D eigenvalue weighted by Gasteiger charge is -2.33. The van der Waals surface area contributed by atoms with Crippen molar-refractivity contribution in [3.8, 4) is 0 Å². The van der Waals surface area contributed by atoms with E-state index in [-0.39, 0.29) is 18.1 Å². The molecule has 0 aromatic carbocycles. The Hall–Kier alpha value is -0.910. The molecule has 0 saturated carbocycles. The molecule has 2 heterocycles. The molecule has 0 radical (unpaired) electrons. The van der Waals surface area contributed by atoms with Crippen LogP contribution in [0.5, 0.6) is 0 Å². The molecule has 19 heavy (non-hydrogen) atoms. The topological polar surface area (TPSA) is 58.5 Å². The van der Waals surface area contributed by atoms with Crippen LogP contribution in [0, 0.1) is 0 Å². The third-order valence-electron chi connectivity index (χ3n) is 3.02. The van der Waals surface area contributed by atoms with E-state index >= 15 is 0 Å². The normalized spacial score (nSPS) is 20.7. The summed E-state index contributed by atoms with van der Waals surface area (Å²) in [7, 11) is 0. The van der Waals surface area contributed by atoms with E-state index in [4.69, 9.17) is 16.3 Å². The van der Waals surface area contributed by atoms with Gasteiger partial charge in [-0.3, -0.25) is 0 Å². The van der Waals surface area contributed by atoms with Crippen molar-refractivity contribution in [2.45, 2.75) is 32.3 Å². The van der Waals surface area contributed by atoms with Crippen molar-refractivity contribution in [2.75, 3.05) is 31.2 Å². The first-order valence-corrected chi connectivity index (χ1v) is 6.80. The van der Waals surface area contributed by atoms with Gasteiger partial charge in [-0.05, 0) is 0 Å². The van der Waals surface area contributed by atoms with E-state index in [1.165, 1.54) is 0 Å². The number of aliphatic hydroxyl groups is 1. The maximum Gasteiger partial charge on any atom is 0.137 e. The van der Waals surface area contributed by atoms with E-state index in [0.717, 1.165) is 18.2 Å². The molecule has 1 saturated heterocycles. The number of hydrogen-bond acceptors (Lipinski definition) is 5. The first-order valence-electron chi connectivity index (χ1n) is 6.42. The SMILES string of the molecule is CC(C)(C)c1nc(Cl)cc(N2CCOC(CO)C2)n1. The molecule has 0 bridgehead atoms. The quantitative estimate of drug-likeness (QED) is 0.837. The van der Waals surface area contributed by atoms with Crippen LogP contribution < -0.4 is 4.90 Å². The molecule has 1 N–H and O–H groups in total. The summed E-state index contributed by atoms with van der Waals surface area (Å²) in [5.41, 5.74) is -0.150. The Morgan fingerprint density at radius 3 is 2.84 bits per heavy atom. The number of hydrogen-bond donors (Lipinski definition) is 1. The Bertz CT molecular complexity index is 448. The first kappa shape index (κ1) is 14.5. The number of rotatable bonds is 2. The van der Waals surface area contributed by atoms with Gasteiger partial charge in [0.25, 0.3) is 0 Å². The Balaban J connectivity index is 2.26. The molecule has 5 nitrogen and oxygen atoms in total. The van der Waals surface area contributed by atoms with Crippen molar-refractivity contribution < 1.29 is 9.84 Å². The molecule has 0 spiro atoms. The van der Waals surface area contributed by atoms with E-state index in [1.54, 1.807) is 6.07 Å². The predicted molar refractivity (Wildman–Crippen MR) is 74.8 cm³/mol. The van der Waals surface area contributed by atoms with Gasteiger partial charge in [0.1, 0.15) is 16.8 Å². The first-order chi connectivity index (χ1) is 8.90. The van der Waals surface area contributed by atoms with E-state index in [0.29, 0.717) is 18.3 Å². The van der Waals surface area contributed by atoms with E-state index in [1.807, 2.05) is 0 Å². The molecule has 0 aliphatic carbocycles. The van der Waals surface area contributed by atoms with Gasteiger partial charge in [-0.15, -0.1) is 0 Å². The van der Waals surface area contributed by atoms with Gasteiger partial charge in [-0.2, -0.15) is 0 Å². The average Bonchev–Trinajstić information content (AvgIpc) is 2.37. The van der Waals surface area contributed by atoms with Crippen molar-refractivity contribution in [1.82, 2.24) is 9.97 Å². The molecule has 6 heteroatoms. The summed E-state index contributed by atoms with van der Waals surface area (Å²) < 4.78 is 5.44. The van der Waals surface area contributed by atoms with Gasteiger partial charge in [0.05, 0.1) is 19.3 Å². The molecule has 1 fully saturated rings. The lowest BCUT2D eigenvalue weighted by molar-refractivity contribution is 0.00334. The second-order valence-electron chi connectivity index (χ2n) is 5.74. The minimum atomic E-state index is -0.166. The Labute approximate surface area is 118 Å². The summed E-state index contributed by atoms with van der Waals surface area (Å²) in [5.74, 6) is 1.52. The predicted octanol–water partition coefficient (Wildman–Crippen LogP) is 1.62. The summed E-state index contributed by atoms with van der Waals surface area (Å²) in [6.45, 7) is 8.12. The number of aromatic nitrogens is 2. The van der Waals surface area contributed by atoms with Gasteiger partial charge in [-0.25, -0.2) is 9.97 Å². The molecule has 2 rings (SSSR count). The fourth-order valence-corrected chi connectivity index (χ4v) is 2.12. The summed E-state index contributed by atoms with van der Waals surface area (Å²) in [4.78, 5) is 11.0. The van der Waals surface area contributed by atoms with Crippen LogP contribution >= 0.6 is 11.6 Å². The smallest absolute Gasteiger partial charge is 0.137 e. The number of anilines is 1. The van der Waals surface area contributed by atoms with E-state index in [9.17, 15) is 5.11 Å². The summed E-state index contributed by atoms with van der Waals surface area (Å²) in [5, 5.41) is 9.63. The standard InChI is InChI=1S/C13H20ClN3O2/c1-13(2,3)12-15-10(14)6-11(16-12)17-4-5-19-9(7-17)8-18/h6,9,18H,4-5,7-8H2,1-3H3. The highest BCUT2D eigenvalue weighted by Crippen LogP contribution is 2.25. The number of aliphatic hydroxyl groups excluding tert-OH is 1. The zero-order valence-electron chi connectivity index (χ0n) is 11.6. The molecular weight excluding hydrogens is 266 g/mol. The van der Waals surface area contributed by atoms with Gasteiger partial charge >= 0.3 is 0 Å². The maximum atomic E-state index is 9.18. The minimum absolute atomic E-state index is 0.0153. The second kappa shape index (κ2) is 5.61. The fraction of sp³-hybridized carbons (Fsp3) is 0.692. The second-order valence-corrected chi connectivity index (χ2v) is 6.13. The van der Waals surface area contributed by atoms with Crippen LogP contribution in [0.25, 0.3) is 0 Å². The van der Waals surface area contributed by atoms with Crippen LogP contribution in [-0.4, -0.2) is 47.5 Å².